The van der Waals surface area contributed by atoms with E-state index in [1.807, 2.05) is 0 Å². The summed E-state index contributed by atoms with van der Waals surface area (Å²) < 4.78 is 11.4. The number of hydrogen-bond acceptors (Lipinski definition) is 8. The molecule has 3 aliphatic rings. The molecular formula is C21H22N4O6S. The lowest BCUT2D eigenvalue weighted by atomic mass is 9.46. The number of ether oxygens (including phenoxy) is 2. The van der Waals surface area contributed by atoms with Gasteiger partial charge in [-0.1, -0.05) is 12.1 Å². The molecule has 3 aliphatic carbocycles. The molecule has 0 aliphatic heterocycles. The van der Waals surface area contributed by atoms with Gasteiger partial charge in [-0.3, -0.25) is 14.9 Å². The standard InChI is InChI=1S/C21H22N4O6S/c22-17(26)16-18(24-19(32-16)11-1-2-11)30-13-7-21(8-13)9-14(31-20(23)27)15(21)10-3-5-12(6-4-10)25(28)29/h3-6,11,13-15H,1-2,7-9H2,(H2,22,26)(H2,23,27). The second-order valence-corrected chi connectivity index (χ2v) is 9.87. The van der Waals surface area contributed by atoms with Crippen molar-refractivity contribution >= 4 is 29.0 Å². The average Bonchev–Trinajstić information content (AvgIpc) is 3.45. The lowest BCUT2D eigenvalue weighted by Gasteiger charge is -2.61. The molecule has 4 N–H and O–H groups in total. The number of hydrogen-bond donors (Lipinski definition) is 2. The van der Waals surface area contributed by atoms with Crippen molar-refractivity contribution in [1.82, 2.24) is 4.98 Å². The topological polar surface area (TPSA) is 161 Å². The van der Waals surface area contributed by atoms with Gasteiger partial charge in [0.2, 0.25) is 5.88 Å². The third-order valence-corrected chi connectivity index (χ3v) is 7.89. The SMILES string of the molecule is NC(=O)OC1CC2(CC(Oc3nc(C4CC4)sc3C(N)=O)C2)C1c1ccc([N+](=O)[O-])cc1. The van der Waals surface area contributed by atoms with E-state index in [-0.39, 0.29) is 23.1 Å². The summed E-state index contributed by atoms with van der Waals surface area (Å²) in [6.07, 6.45) is 2.75. The van der Waals surface area contributed by atoms with Crippen molar-refractivity contribution in [3.8, 4) is 5.88 Å². The number of nitro groups is 1. The predicted molar refractivity (Wildman–Crippen MR) is 114 cm³/mol. The van der Waals surface area contributed by atoms with Crippen LogP contribution in [0.3, 0.4) is 0 Å². The van der Waals surface area contributed by atoms with Gasteiger partial charge >= 0.3 is 6.09 Å². The molecule has 1 spiro atoms. The van der Waals surface area contributed by atoms with E-state index in [0.717, 1.165) is 23.4 Å². The molecule has 168 valence electrons. The zero-order chi connectivity index (χ0) is 22.6. The van der Waals surface area contributed by atoms with Crippen molar-refractivity contribution in [3.63, 3.8) is 0 Å². The molecule has 10 nitrogen and oxygen atoms in total. The summed E-state index contributed by atoms with van der Waals surface area (Å²) in [4.78, 5) is 38.5. The van der Waals surface area contributed by atoms with Crippen molar-refractivity contribution in [2.24, 2.45) is 16.9 Å². The van der Waals surface area contributed by atoms with Gasteiger partial charge in [-0.05, 0) is 43.1 Å². The lowest BCUT2D eigenvalue weighted by molar-refractivity contribution is -0.384. The van der Waals surface area contributed by atoms with Crippen LogP contribution in [0.2, 0.25) is 0 Å². The third kappa shape index (κ3) is 3.56. The first kappa shape index (κ1) is 20.7. The fourth-order valence-corrected chi connectivity index (χ4v) is 6.10. The largest absolute Gasteiger partial charge is 0.473 e. The maximum atomic E-state index is 11.8. The molecule has 11 heteroatoms. The molecule has 1 aromatic carbocycles. The second kappa shape index (κ2) is 7.44. The smallest absolute Gasteiger partial charge is 0.404 e. The molecule has 2 unspecified atom stereocenters. The van der Waals surface area contributed by atoms with Gasteiger partial charge in [0.25, 0.3) is 11.6 Å². The summed E-state index contributed by atoms with van der Waals surface area (Å²) in [5.74, 6) is 0.0259. The summed E-state index contributed by atoms with van der Waals surface area (Å²) in [7, 11) is 0. The van der Waals surface area contributed by atoms with Gasteiger partial charge in [0, 0.05) is 24.0 Å². The van der Waals surface area contributed by atoms with Gasteiger partial charge in [0.1, 0.15) is 17.2 Å². The highest BCUT2D eigenvalue weighted by atomic mass is 32.1. The number of carbonyl (C=O) groups excluding carboxylic acids is 2. The average molecular weight is 458 g/mol. The van der Waals surface area contributed by atoms with E-state index in [9.17, 15) is 19.7 Å². The highest BCUT2D eigenvalue weighted by Gasteiger charge is 2.63. The first-order chi connectivity index (χ1) is 15.3. The van der Waals surface area contributed by atoms with Gasteiger partial charge in [-0.25, -0.2) is 9.78 Å². The van der Waals surface area contributed by atoms with Crippen molar-refractivity contribution in [1.29, 1.82) is 0 Å². The van der Waals surface area contributed by atoms with Crippen LogP contribution in [0.25, 0.3) is 0 Å². The van der Waals surface area contributed by atoms with Gasteiger partial charge in [-0.2, -0.15) is 0 Å². The summed E-state index contributed by atoms with van der Waals surface area (Å²) in [5.41, 5.74) is 11.4. The first-order valence-electron chi connectivity index (χ1n) is 10.4. The molecule has 1 aromatic heterocycles. The molecule has 1 heterocycles. The predicted octanol–water partition coefficient (Wildman–Crippen LogP) is 3.21. The Morgan fingerprint density at radius 3 is 2.41 bits per heavy atom. The van der Waals surface area contributed by atoms with E-state index in [2.05, 4.69) is 4.98 Å². The summed E-state index contributed by atoms with van der Waals surface area (Å²) in [6.45, 7) is 0. The first-order valence-corrected chi connectivity index (χ1v) is 11.2. The Morgan fingerprint density at radius 2 is 1.84 bits per heavy atom. The van der Waals surface area contributed by atoms with E-state index in [1.54, 1.807) is 12.1 Å². The number of non-ortho nitro benzene ring substituents is 1. The Kier molecular flexibility index (Phi) is 4.81. The van der Waals surface area contributed by atoms with Crippen LogP contribution < -0.4 is 16.2 Å². The summed E-state index contributed by atoms with van der Waals surface area (Å²) >= 11 is 1.31. The van der Waals surface area contributed by atoms with Crippen molar-refractivity contribution in [3.05, 3.63) is 49.8 Å². The van der Waals surface area contributed by atoms with Crippen LogP contribution in [0.5, 0.6) is 5.88 Å². The van der Waals surface area contributed by atoms with Crippen LogP contribution in [-0.4, -0.2) is 34.1 Å². The van der Waals surface area contributed by atoms with Crippen LogP contribution in [0, 0.1) is 15.5 Å². The summed E-state index contributed by atoms with van der Waals surface area (Å²) in [6, 6.07) is 6.29. The van der Waals surface area contributed by atoms with E-state index >= 15 is 0 Å². The monoisotopic (exact) mass is 458 g/mol. The van der Waals surface area contributed by atoms with Crippen LogP contribution in [0.15, 0.2) is 24.3 Å². The fraction of sp³-hybridized carbons (Fsp3) is 0.476. The maximum absolute atomic E-state index is 11.8. The summed E-state index contributed by atoms with van der Waals surface area (Å²) in [5, 5.41) is 11.9. The Labute approximate surface area is 187 Å². The number of amides is 2. The molecule has 2 aromatic rings. The highest BCUT2D eigenvalue weighted by Crippen LogP contribution is 2.65. The number of carbonyl (C=O) groups is 2. The number of aromatic nitrogens is 1. The third-order valence-electron chi connectivity index (χ3n) is 6.68. The molecule has 3 fully saturated rings. The van der Waals surface area contributed by atoms with Gasteiger partial charge in [0.15, 0.2) is 4.88 Å². The van der Waals surface area contributed by atoms with Gasteiger partial charge in [-0.15, -0.1) is 11.3 Å². The van der Waals surface area contributed by atoms with Crippen molar-refractivity contribution in [2.45, 2.75) is 56.1 Å². The molecule has 5 rings (SSSR count). The fourth-order valence-electron chi connectivity index (χ4n) is 5.08. The zero-order valence-corrected chi connectivity index (χ0v) is 17.9. The molecule has 3 saturated carbocycles. The minimum Gasteiger partial charge on any atom is -0.473 e. The molecule has 0 radical (unpaired) electrons. The minimum absolute atomic E-state index is 0.00158. The van der Waals surface area contributed by atoms with E-state index < -0.39 is 23.0 Å². The molecule has 2 amide bonds. The minimum atomic E-state index is -0.843. The number of rotatable bonds is 7. The van der Waals surface area contributed by atoms with Crippen molar-refractivity contribution < 1.29 is 24.0 Å². The van der Waals surface area contributed by atoms with Crippen molar-refractivity contribution in [2.75, 3.05) is 0 Å². The number of nitro benzene ring substituents is 1. The van der Waals surface area contributed by atoms with Crippen LogP contribution in [0.1, 0.15) is 64.2 Å². The Morgan fingerprint density at radius 1 is 1.16 bits per heavy atom. The molecular weight excluding hydrogens is 436 g/mol. The molecule has 2 atom stereocenters. The number of benzene rings is 1. The Hall–Kier alpha value is -3.21. The normalized spacial score (nSPS) is 28.4. The van der Waals surface area contributed by atoms with Crippen LogP contribution >= 0.6 is 11.3 Å². The Bertz CT molecular complexity index is 1090. The zero-order valence-electron chi connectivity index (χ0n) is 17.1. The molecule has 0 saturated heterocycles. The number of primary amides is 2. The molecule has 0 bridgehead atoms. The second-order valence-electron chi connectivity index (χ2n) is 8.84. The number of nitrogens with two attached hydrogens (primary N) is 2. The van der Waals surface area contributed by atoms with E-state index in [0.29, 0.717) is 35.9 Å². The Balaban J connectivity index is 1.32. The van der Waals surface area contributed by atoms with Gasteiger partial charge < -0.3 is 20.9 Å². The van der Waals surface area contributed by atoms with E-state index in [4.69, 9.17) is 20.9 Å². The number of nitrogens with zero attached hydrogens (tertiary/aromatic N) is 2. The quantitative estimate of drug-likeness (QED) is 0.475. The number of thiazole rings is 1. The van der Waals surface area contributed by atoms with Crippen LogP contribution in [-0.2, 0) is 4.74 Å². The molecule has 32 heavy (non-hydrogen) atoms. The maximum Gasteiger partial charge on any atom is 0.404 e. The highest BCUT2D eigenvalue weighted by molar-refractivity contribution is 7.14. The van der Waals surface area contributed by atoms with E-state index in [1.165, 1.54) is 23.5 Å². The van der Waals surface area contributed by atoms with Gasteiger partial charge in [0.05, 0.1) is 4.92 Å². The van der Waals surface area contributed by atoms with Crippen LogP contribution in [0.4, 0.5) is 10.5 Å². The lowest BCUT2D eigenvalue weighted by Crippen LogP contribution is -2.61.